The zero-order valence-corrected chi connectivity index (χ0v) is 15.0. The molecule has 1 amide bonds. The number of amides is 1. The fourth-order valence-corrected chi connectivity index (χ4v) is 3.43. The Morgan fingerprint density at radius 3 is 2.42 bits per heavy atom. The lowest BCUT2D eigenvalue weighted by Crippen LogP contribution is -2.45. The molecule has 0 aromatic heterocycles. The van der Waals surface area contributed by atoms with E-state index in [-0.39, 0.29) is 24.1 Å². The van der Waals surface area contributed by atoms with Gasteiger partial charge in [0.15, 0.2) is 0 Å². The van der Waals surface area contributed by atoms with Gasteiger partial charge in [0.1, 0.15) is 5.82 Å². The van der Waals surface area contributed by atoms with Gasteiger partial charge in [-0.1, -0.05) is 25.0 Å². The molecule has 2 saturated carbocycles. The average molecular weight is 355 g/mol. The molecule has 1 aromatic rings. The van der Waals surface area contributed by atoms with Crippen molar-refractivity contribution in [2.24, 2.45) is 5.92 Å². The molecular formula is C19H28ClFN2O. The Bertz CT molecular complexity index is 513. The van der Waals surface area contributed by atoms with Crippen molar-refractivity contribution in [2.75, 3.05) is 19.6 Å². The molecule has 0 aliphatic heterocycles. The minimum Gasteiger partial charge on any atom is -0.338 e. The van der Waals surface area contributed by atoms with Crippen LogP contribution in [0.15, 0.2) is 24.3 Å². The molecule has 0 saturated heterocycles. The summed E-state index contributed by atoms with van der Waals surface area (Å²) in [5.41, 5.74) is 1.09. The largest absolute Gasteiger partial charge is 0.338 e. The predicted octanol–water partition coefficient (Wildman–Crippen LogP) is 3.56. The van der Waals surface area contributed by atoms with Gasteiger partial charge in [-0.2, -0.15) is 0 Å². The first-order chi connectivity index (χ1) is 11.2. The molecule has 0 spiro atoms. The van der Waals surface area contributed by atoms with Gasteiger partial charge in [0.2, 0.25) is 5.91 Å². The lowest BCUT2D eigenvalue weighted by atomic mass is 10.1. The van der Waals surface area contributed by atoms with Crippen molar-refractivity contribution in [3.05, 3.63) is 35.6 Å². The summed E-state index contributed by atoms with van der Waals surface area (Å²) in [6.45, 7) is 2.17. The van der Waals surface area contributed by atoms with E-state index >= 15 is 0 Å². The van der Waals surface area contributed by atoms with Crippen LogP contribution in [0.25, 0.3) is 0 Å². The van der Waals surface area contributed by atoms with Gasteiger partial charge in [-0.25, -0.2) is 4.39 Å². The molecule has 1 aromatic carbocycles. The first-order valence-corrected chi connectivity index (χ1v) is 8.97. The molecule has 3 nitrogen and oxygen atoms in total. The van der Waals surface area contributed by atoms with Gasteiger partial charge in [0.25, 0.3) is 0 Å². The maximum atomic E-state index is 13.0. The summed E-state index contributed by atoms with van der Waals surface area (Å²) >= 11 is 0. The third-order valence-electron chi connectivity index (χ3n) is 5.05. The normalized spacial score (nSPS) is 17.5. The Morgan fingerprint density at radius 2 is 1.79 bits per heavy atom. The van der Waals surface area contributed by atoms with E-state index in [4.69, 9.17) is 0 Å². The van der Waals surface area contributed by atoms with Crippen LogP contribution in [0.2, 0.25) is 0 Å². The Balaban J connectivity index is 0.00000208. The number of halogens is 2. The summed E-state index contributed by atoms with van der Waals surface area (Å²) in [7, 11) is 0. The van der Waals surface area contributed by atoms with Crippen LogP contribution in [0.1, 0.15) is 44.1 Å². The van der Waals surface area contributed by atoms with Crippen molar-refractivity contribution in [2.45, 2.75) is 51.0 Å². The van der Waals surface area contributed by atoms with Crippen LogP contribution in [-0.4, -0.2) is 36.5 Å². The molecule has 0 radical (unpaired) electrons. The maximum absolute atomic E-state index is 13.0. The van der Waals surface area contributed by atoms with Crippen LogP contribution in [-0.2, 0) is 11.2 Å². The second-order valence-electron chi connectivity index (χ2n) is 6.98. The van der Waals surface area contributed by atoms with E-state index in [9.17, 15) is 9.18 Å². The van der Waals surface area contributed by atoms with Crippen LogP contribution < -0.4 is 5.32 Å². The number of carbonyl (C=O) groups excluding carboxylic acids is 1. The first-order valence-electron chi connectivity index (χ1n) is 8.97. The first kappa shape index (κ1) is 19.2. The summed E-state index contributed by atoms with van der Waals surface area (Å²) in [5.74, 6) is 0.809. The van der Waals surface area contributed by atoms with Gasteiger partial charge >= 0.3 is 0 Å². The van der Waals surface area contributed by atoms with Crippen molar-refractivity contribution in [3.63, 3.8) is 0 Å². The highest BCUT2D eigenvalue weighted by atomic mass is 35.5. The second-order valence-corrected chi connectivity index (χ2v) is 6.98. The third-order valence-corrected chi connectivity index (χ3v) is 5.05. The number of nitrogens with one attached hydrogen (secondary N) is 1. The minimum absolute atomic E-state index is 0. The Labute approximate surface area is 150 Å². The number of hydrogen-bond acceptors (Lipinski definition) is 2. The molecule has 5 heteroatoms. The molecule has 3 rings (SSSR count). The van der Waals surface area contributed by atoms with E-state index in [1.807, 2.05) is 12.1 Å². The van der Waals surface area contributed by atoms with E-state index in [0.717, 1.165) is 43.8 Å². The van der Waals surface area contributed by atoms with Crippen LogP contribution in [0, 0.1) is 11.7 Å². The van der Waals surface area contributed by atoms with Crippen molar-refractivity contribution >= 4 is 18.3 Å². The smallest absolute Gasteiger partial charge is 0.236 e. The number of benzene rings is 1. The second kappa shape index (κ2) is 9.38. The summed E-state index contributed by atoms with van der Waals surface area (Å²) in [6, 6.07) is 7.02. The molecule has 2 fully saturated rings. The highest BCUT2D eigenvalue weighted by molar-refractivity contribution is 5.85. The summed E-state index contributed by atoms with van der Waals surface area (Å²) in [4.78, 5) is 14.7. The van der Waals surface area contributed by atoms with Crippen LogP contribution in [0.4, 0.5) is 4.39 Å². The molecule has 2 aliphatic rings. The van der Waals surface area contributed by atoms with Crippen molar-refractivity contribution < 1.29 is 9.18 Å². The van der Waals surface area contributed by atoms with E-state index in [1.165, 1.54) is 37.8 Å². The van der Waals surface area contributed by atoms with Gasteiger partial charge in [0, 0.05) is 12.6 Å². The molecule has 0 atom stereocenters. The molecule has 1 N–H and O–H groups in total. The molecule has 24 heavy (non-hydrogen) atoms. The van der Waals surface area contributed by atoms with Gasteiger partial charge in [-0.3, -0.25) is 4.79 Å². The highest BCUT2D eigenvalue weighted by Gasteiger charge is 2.27. The Kier molecular flexibility index (Phi) is 7.50. The van der Waals surface area contributed by atoms with E-state index in [2.05, 4.69) is 10.2 Å². The zero-order valence-electron chi connectivity index (χ0n) is 14.2. The monoisotopic (exact) mass is 354 g/mol. The fourth-order valence-electron chi connectivity index (χ4n) is 3.43. The lowest BCUT2D eigenvalue weighted by Gasteiger charge is -2.29. The van der Waals surface area contributed by atoms with Gasteiger partial charge in [-0.15, -0.1) is 12.4 Å². The maximum Gasteiger partial charge on any atom is 0.236 e. The van der Waals surface area contributed by atoms with Gasteiger partial charge < -0.3 is 10.2 Å². The topological polar surface area (TPSA) is 32.3 Å². The molecule has 134 valence electrons. The lowest BCUT2D eigenvalue weighted by molar-refractivity contribution is -0.132. The van der Waals surface area contributed by atoms with E-state index < -0.39 is 0 Å². The third kappa shape index (κ3) is 5.75. The van der Waals surface area contributed by atoms with Crippen molar-refractivity contribution in [1.29, 1.82) is 0 Å². The Morgan fingerprint density at radius 1 is 1.12 bits per heavy atom. The number of hydrogen-bond donors (Lipinski definition) is 1. The van der Waals surface area contributed by atoms with Crippen LogP contribution in [0.5, 0.6) is 0 Å². The number of carbonyl (C=O) groups is 1. The summed E-state index contributed by atoms with van der Waals surface area (Å²) in [6.07, 6.45) is 8.10. The minimum atomic E-state index is -0.207. The van der Waals surface area contributed by atoms with Crippen LogP contribution in [0.3, 0.4) is 0 Å². The van der Waals surface area contributed by atoms with Crippen molar-refractivity contribution in [3.8, 4) is 0 Å². The SMILES string of the molecule is Cl.O=C(CNCC1CC1)N(CCc1ccc(F)cc1)C1CCCC1. The molecule has 0 heterocycles. The summed E-state index contributed by atoms with van der Waals surface area (Å²) in [5, 5.41) is 3.32. The average Bonchev–Trinajstić information content (AvgIpc) is 3.21. The van der Waals surface area contributed by atoms with Crippen molar-refractivity contribution in [1.82, 2.24) is 10.2 Å². The van der Waals surface area contributed by atoms with Gasteiger partial charge in [0.05, 0.1) is 6.54 Å². The van der Waals surface area contributed by atoms with Crippen LogP contribution >= 0.6 is 12.4 Å². The Hall–Kier alpha value is -1.13. The molecular weight excluding hydrogens is 327 g/mol. The number of rotatable bonds is 8. The predicted molar refractivity (Wildman–Crippen MR) is 96.9 cm³/mol. The van der Waals surface area contributed by atoms with E-state index in [1.54, 1.807) is 0 Å². The standard InChI is InChI=1S/C19H27FN2O.ClH/c20-17-9-7-15(8-10-17)11-12-22(18-3-1-2-4-18)19(23)14-21-13-16-5-6-16;/h7-10,16,18,21H,1-6,11-14H2;1H. The van der Waals surface area contributed by atoms with Gasteiger partial charge in [-0.05, 0) is 62.3 Å². The van der Waals surface area contributed by atoms with E-state index in [0.29, 0.717) is 12.6 Å². The fraction of sp³-hybridized carbons (Fsp3) is 0.632. The molecule has 0 bridgehead atoms. The molecule has 0 unspecified atom stereocenters. The zero-order chi connectivity index (χ0) is 16.1. The quantitative estimate of drug-likeness (QED) is 0.774. The highest BCUT2D eigenvalue weighted by Crippen LogP contribution is 2.27. The molecule has 2 aliphatic carbocycles. The number of nitrogens with zero attached hydrogens (tertiary/aromatic N) is 1. The summed E-state index contributed by atoms with van der Waals surface area (Å²) < 4.78 is 13.0.